The van der Waals surface area contributed by atoms with Crippen molar-refractivity contribution in [2.75, 3.05) is 4.90 Å². The van der Waals surface area contributed by atoms with Gasteiger partial charge in [0.25, 0.3) is 17.7 Å². The number of amides is 3. The second kappa shape index (κ2) is 8.64. The van der Waals surface area contributed by atoms with Crippen LogP contribution in [0.15, 0.2) is 72.1 Å². The van der Waals surface area contributed by atoms with E-state index in [1.54, 1.807) is 0 Å². The maximum absolute atomic E-state index is 13.2. The predicted octanol–water partition coefficient (Wildman–Crippen LogP) is 4.99. The summed E-state index contributed by atoms with van der Waals surface area (Å²) in [5.41, 5.74) is 3.77. The summed E-state index contributed by atoms with van der Waals surface area (Å²) < 4.78 is 13.2. The highest BCUT2D eigenvalue weighted by Crippen LogP contribution is 2.29. The molecular formula is C26H18FN3O3S. The highest BCUT2D eigenvalue weighted by molar-refractivity contribution is 7.13. The van der Waals surface area contributed by atoms with Gasteiger partial charge in [0.2, 0.25) is 0 Å². The minimum absolute atomic E-state index is 0.137. The van der Waals surface area contributed by atoms with Crippen LogP contribution in [0.4, 0.5) is 10.1 Å². The first-order valence-corrected chi connectivity index (χ1v) is 11.4. The van der Waals surface area contributed by atoms with Crippen LogP contribution in [0.25, 0.3) is 10.6 Å². The highest BCUT2D eigenvalue weighted by Gasteiger charge is 2.37. The molecule has 6 nitrogen and oxygen atoms in total. The number of fused-ring (bicyclic) bond motifs is 1. The lowest BCUT2D eigenvalue weighted by Crippen LogP contribution is -2.29. The van der Waals surface area contributed by atoms with E-state index in [4.69, 9.17) is 0 Å². The fraction of sp³-hybridized carbons (Fsp3) is 0.0769. The Labute approximate surface area is 198 Å². The smallest absolute Gasteiger partial charge is 0.266 e. The number of aromatic nitrogens is 1. The topological polar surface area (TPSA) is 79.4 Å². The molecule has 0 atom stereocenters. The summed E-state index contributed by atoms with van der Waals surface area (Å²) in [7, 11) is 0. The van der Waals surface area contributed by atoms with Crippen LogP contribution < -0.4 is 10.2 Å². The van der Waals surface area contributed by atoms with E-state index in [0.717, 1.165) is 26.7 Å². The molecule has 1 N–H and O–H groups in total. The number of nitrogens with zero attached hydrogens (tertiary/aromatic N) is 2. The Morgan fingerprint density at radius 1 is 0.971 bits per heavy atom. The van der Waals surface area contributed by atoms with E-state index in [-0.39, 0.29) is 34.8 Å². The van der Waals surface area contributed by atoms with E-state index >= 15 is 0 Å². The number of halogens is 1. The maximum Gasteiger partial charge on any atom is 0.266 e. The number of benzene rings is 3. The van der Waals surface area contributed by atoms with Crippen molar-refractivity contribution < 1.29 is 18.8 Å². The number of aryl methyl sites for hydroxylation is 1. The van der Waals surface area contributed by atoms with E-state index in [1.807, 2.05) is 36.6 Å². The largest absolute Gasteiger partial charge is 0.346 e. The average Bonchev–Trinajstić information content (AvgIpc) is 3.41. The fourth-order valence-electron chi connectivity index (χ4n) is 3.80. The molecule has 0 saturated heterocycles. The molecule has 3 amide bonds. The van der Waals surface area contributed by atoms with Crippen molar-refractivity contribution in [1.82, 2.24) is 10.3 Å². The molecule has 0 saturated carbocycles. The molecule has 0 radical (unpaired) electrons. The summed E-state index contributed by atoms with van der Waals surface area (Å²) in [6.45, 7) is 2.25. The molecule has 8 heteroatoms. The Hall–Kier alpha value is -4.17. The van der Waals surface area contributed by atoms with E-state index in [0.29, 0.717) is 0 Å². The molecule has 5 rings (SSSR count). The van der Waals surface area contributed by atoms with Crippen LogP contribution in [0.2, 0.25) is 0 Å². The van der Waals surface area contributed by atoms with E-state index < -0.39 is 17.6 Å². The molecule has 1 aromatic heterocycles. The standard InChI is InChI=1S/C26H18FN3O3S/c1-15-4-2-3-5-20(15)24-29-18(14-34-24)13-28-23(31)16-6-11-21-22(12-16)26(33)30(25(21)32)19-9-7-17(27)8-10-19/h2-12,14H,13H2,1H3,(H,28,31). The molecule has 3 aromatic carbocycles. The Bertz CT molecular complexity index is 1450. The summed E-state index contributed by atoms with van der Waals surface area (Å²) in [5, 5.41) is 5.59. The average molecular weight is 472 g/mol. The van der Waals surface area contributed by atoms with Crippen molar-refractivity contribution in [3.8, 4) is 10.6 Å². The number of rotatable bonds is 5. The predicted molar refractivity (Wildman–Crippen MR) is 127 cm³/mol. The zero-order valence-corrected chi connectivity index (χ0v) is 18.9. The van der Waals surface area contributed by atoms with Crippen molar-refractivity contribution in [1.29, 1.82) is 0 Å². The first kappa shape index (κ1) is 21.7. The Morgan fingerprint density at radius 2 is 1.71 bits per heavy atom. The maximum atomic E-state index is 13.2. The van der Waals surface area contributed by atoms with Gasteiger partial charge < -0.3 is 5.32 Å². The van der Waals surface area contributed by atoms with Crippen LogP contribution in [-0.4, -0.2) is 22.7 Å². The molecule has 0 unspecified atom stereocenters. The molecule has 1 aliphatic heterocycles. The molecular weight excluding hydrogens is 453 g/mol. The van der Waals surface area contributed by atoms with Crippen LogP contribution in [0.1, 0.15) is 42.3 Å². The number of nitrogens with one attached hydrogen (secondary N) is 1. The normalized spacial score (nSPS) is 12.7. The summed E-state index contributed by atoms with van der Waals surface area (Å²) in [5.74, 6) is -1.91. The van der Waals surface area contributed by atoms with E-state index in [2.05, 4.69) is 10.3 Å². The number of anilines is 1. The lowest BCUT2D eigenvalue weighted by molar-refractivity contribution is 0.0923. The molecule has 4 aromatic rings. The lowest BCUT2D eigenvalue weighted by atomic mass is 10.1. The van der Waals surface area contributed by atoms with Crippen molar-refractivity contribution in [2.24, 2.45) is 0 Å². The Kier molecular flexibility index (Phi) is 5.51. The van der Waals surface area contributed by atoms with E-state index in [9.17, 15) is 18.8 Å². The zero-order valence-electron chi connectivity index (χ0n) is 18.0. The van der Waals surface area contributed by atoms with Gasteiger partial charge in [-0.2, -0.15) is 0 Å². The van der Waals surface area contributed by atoms with Gasteiger partial charge in [-0.25, -0.2) is 14.3 Å². The fourth-order valence-corrected chi connectivity index (χ4v) is 4.71. The number of thiazole rings is 1. The van der Waals surface area contributed by atoms with Gasteiger partial charge in [-0.1, -0.05) is 24.3 Å². The zero-order chi connectivity index (χ0) is 23.8. The highest BCUT2D eigenvalue weighted by atomic mass is 32.1. The van der Waals surface area contributed by atoms with E-state index in [1.165, 1.54) is 53.8 Å². The summed E-state index contributed by atoms with van der Waals surface area (Å²) >= 11 is 1.51. The van der Waals surface area contributed by atoms with Crippen molar-refractivity contribution in [3.63, 3.8) is 0 Å². The van der Waals surface area contributed by atoms with Gasteiger partial charge in [-0.15, -0.1) is 11.3 Å². The van der Waals surface area contributed by atoms with Gasteiger partial charge in [0.15, 0.2) is 0 Å². The third-order valence-electron chi connectivity index (χ3n) is 5.59. The van der Waals surface area contributed by atoms with Gasteiger partial charge in [0.1, 0.15) is 10.8 Å². The molecule has 168 valence electrons. The quantitative estimate of drug-likeness (QED) is 0.416. The summed E-state index contributed by atoms with van der Waals surface area (Å²) in [6.07, 6.45) is 0. The molecule has 0 bridgehead atoms. The first-order chi connectivity index (χ1) is 16.4. The van der Waals surface area contributed by atoms with Crippen LogP contribution >= 0.6 is 11.3 Å². The summed E-state index contributed by atoms with van der Waals surface area (Å²) in [4.78, 5) is 43.9. The van der Waals surface area contributed by atoms with Crippen LogP contribution in [-0.2, 0) is 6.54 Å². The SMILES string of the molecule is Cc1ccccc1-c1nc(CNC(=O)c2ccc3c(c2)C(=O)N(c2ccc(F)cc2)C3=O)cs1. The minimum Gasteiger partial charge on any atom is -0.346 e. The Balaban J connectivity index is 1.31. The summed E-state index contributed by atoms with van der Waals surface area (Å²) in [6, 6.07) is 17.4. The lowest BCUT2D eigenvalue weighted by Gasteiger charge is -2.13. The molecule has 1 aliphatic rings. The Morgan fingerprint density at radius 3 is 2.47 bits per heavy atom. The number of carbonyl (C=O) groups is 3. The van der Waals surface area contributed by atoms with Crippen LogP contribution in [0, 0.1) is 12.7 Å². The van der Waals surface area contributed by atoms with Gasteiger partial charge in [-0.3, -0.25) is 14.4 Å². The van der Waals surface area contributed by atoms with Crippen LogP contribution in [0.5, 0.6) is 0 Å². The van der Waals surface area contributed by atoms with Gasteiger partial charge in [0, 0.05) is 16.5 Å². The second-order valence-electron chi connectivity index (χ2n) is 7.82. The molecule has 0 spiro atoms. The molecule has 34 heavy (non-hydrogen) atoms. The van der Waals surface area contributed by atoms with Crippen molar-refractivity contribution in [3.05, 3.63) is 106 Å². The van der Waals surface area contributed by atoms with Gasteiger partial charge >= 0.3 is 0 Å². The number of carbonyl (C=O) groups excluding carboxylic acids is 3. The van der Waals surface area contributed by atoms with Crippen molar-refractivity contribution >= 4 is 34.7 Å². The number of hydrogen-bond acceptors (Lipinski definition) is 5. The van der Waals surface area contributed by atoms with Crippen molar-refractivity contribution in [2.45, 2.75) is 13.5 Å². The minimum atomic E-state index is -0.552. The van der Waals surface area contributed by atoms with Gasteiger partial charge in [-0.05, 0) is 55.0 Å². The number of hydrogen-bond donors (Lipinski definition) is 1. The van der Waals surface area contributed by atoms with Crippen LogP contribution in [0.3, 0.4) is 0 Å². The second-order valence-corrected chi connectivity index (χ2v) is 8.68. The monoisotopic (exact) mass is 471 g/mol. The first-order valence-electron chi connectivity index (χ1n) is 10.5. The number of imide groups is 1. The van der Waals surface area contributed by atoms with Gasteiger partial charge in [0.05, 0.1) is 29.1 Å². The third kappa shape index (κ3) is 3.88. The third-order valence-corrected chi connectivity index (χ3v) is 6.52. The molecule has 2 heterocycles. The molecule has 0 aliphatic carbocycles. The molecule has 0 fully saturated rings.